The molecule has 0 unspecified atom stereocenters. The molecule has 1 saturated heterocycles. The van der Waals surface area contributed by atoms with Gasteiger partial charge in [-0.2, -0.15) is 0 Å². The number of nitrogens with two attached hydrogens (primary N) is 1. The fraction of sp³-hybridized carbons (Fsp3) is 0.300. The van der Waals surface area contributed by atoms with Gasteiger partial charge in [0.2, 0.25) is 11.8 Å². The molecule has 154 valence electrons. The van der Waals surface area contributed by atoms with E-state index in [0.717, 1.165) is 7.88 Å². The van der Waals surface area contributed by atoms with Gasteiger partial charge in [-0.1, -0.05) is 18.2 Å². The number of rotatable bonds is 6. The van der Waals surface area contributed by atoms with Crippen molar-refractivity contribution in [3.8, 4) is 0 Å². The first-order chi connectivity index (χ1) is 13.8. The predicted molar refractivity (Wildman–Crippen MR) is 119 cm³/mol. The molecule has 2 aromatic carbocycles. The molecule has 0 saturated carbocycles. The molecule has 0 radical (unpaired) electrons. The molecule has 9 heteroatoms. The second kappa shape index (κ2) is 9.12. The lowest BCUT2D eigenvalue weighted by Crippen LogP contribution is -2.47. The molecule has 29 heavy (non-hydrogen) atoms. The zero-order chi connectivity index (χ0) is 21.0. The molecule has 0 aliphatic carbocycles. The Hall–Kier alpha value is -2.14. The van der Waals surface area contributed by atoms with Crippen molar-refractivity contribution in [1.29, 1.82) is 0 Å². The van der Waals surface area contributed by atoms with E-state index in [2.05, 4.69) is 22.6 Å². The zero-order valence-electron chi connectivity index (χ0n) is 15.7. The maximum absolute atomic E-state index is 13.3. The van der Waals surface area contributed by atoms with E-state index >= 15 is 0 Å². The van der Waals surface area contributed by atoms with Crippen LogP contribution in [-0.4, -0.2) is 44.8 Å². The lowest BCUT2D eigenvalue weighted by atomic mass is 9.96. The number of halogens is 1. The average molecular weight is 527 g/mol. The summed E-state index contributed by atoms with van der Waals surface area (Å²) in [5.41, 5.74) is 5.77. The number of sulfonamides is 1. The van der Waals surface area contributed by atoms with E-state index < -0.39 is 10.0 Å². The van der Waals surface area contributed by atoms with Crippen LogP contribution in [0.1, 0.15) is 12.8 Å². The van der Waals surface area contributed by atoms with Gasteiger partial charge in [-0.05, 0) is 71.8 Å². The van der Waals surface area contributed by atoms with Crippen molar-refractivity contribution in [3.05, 3.63) is 58.2 Å². The molecule has 3 rings (SSSR count). The standard InChI is InChI=1S/C20H22IN3O4S/c21-16-6-8-17(9-7-16)24(29(27,28)18-4-2-1-3-5-18)14-19(25)23-12-10-15(11-13-23)20(22)26/h1-9,15H,10-14H2,(H2,22,26). The molecule has 1 aliphatic rings. The van der Waals surface area contributed by atoms with E-state index in [1.807, 2.05) is 0 Å². The summed E-state index contributed by atoms with van der Waals surface area (Å²) >= 11 is 2.14. The largest absolute Gasteiger partial charge is 0.369 e. The average Bonchev–Trinajstić information content (AvgIpc) is 2.73. The fourth-order valence-electron chi connectivity index (χ4n) is 3.28. The third-order valence-corrected chi connectivity index (χ3v) is 7.48. The number of hydrogen-bond acceptors (Lipinski definition) is 4. The first-order valence-corrected chi connectivity index (χ1v) is 11.7. The van der Waals surface area contributed by atoms with Gasteiger partial charge in [0.05, 0.1) is 10.6 Å². The van der Waals surface area contributed by atoms with Gasteiger partial charge in [-0.15, -0.1) is 0 Å². The molecule has 2 amide bonds. The molecular formula is C20H22IN3O4S. The highest BCUT2D eigenvalue weighted by molar-refractivity contribution is 14.1. The van der Waals surface area contributed by atoms with E-state index in [1.165, 1.54) is 12.1 Å². The van der Waals surface area contributed by atoms with Crippen LogP contribution in [0.2, 0.25) is 0 Å². The smallest absolute Gasteiger partial charge is 0.264 e. The summed E-state index contributed by atoms with van der Waals surface area (Å²) in [4.78, 5) is 26.0. The number of amides is 2. The number of piperidine rings is 1. The lowest BCUT2D eigenvalue weighted by Gasteiger charge is -2.33. The van der Waals surface area contributed by atoms with E-state index in [-0.39, 0.29) is 29.2 Å². The maximum Gasteiger partial charge on any atom is 0.264 e. The second-order valence-electron chi connectivity index (χ2n) is 6.86. The Balaban J connectivity index is 1.85. The number of primary amides is 1. The minimum atomic E-state index is -3.92. The summed E-state index contributed by atoms with van der Waals surface area (Å²) in [6.07, 6.45) is 0.992. The summed E-state index contributed by atoms with van der Waals surface area (Å²) in [5, 5.41) is 0. The van der Waals surface area contributed by atoms with Crippen LogP contribution in [0, 0.1) is 9.49 Å². The van der Waals surface area contributed by atoms with Crippen LogP contribution in [-0.2, 0) is 19.6 Å². The van der Waals surface area contributed by atoms with Crippen LogP contribution in [0.15, 0.2) is 59.5 Å². The number of hydrogen-bond donors (Lipinski definition) is 1. The number of nitrogens with zero attached hydrogens (tertiary/aromatic N) is 2. The van der Waals surface area contributed by atoms with Gasteiger partial charge in [-0.3, -0.25) is 13.9 Å². The van der Waals surface area contributed by atoms with Gasteiger partial charge in [0, 0.05) is 22.6 Å². The maximum atomic E-state index is 13.3. The van der Waals surface area contributed by atoms with Crippen LogP contribution in [0.25, 0.3) is 0 Å². The second-order valence-corrected chi connectivity index (χ2v) is 9.97. The quantitative estimate of drug-likeness (QED) is 0.583. The van der Waals surface area contributed by atoms with Crippen molar-refractivity contribution >= 4 is 50.1 Å². The van der Waals surface area contributed by atoms with Crippen molar-refractivity contribution < 1.29 is 18.0 Å². The fourth-order valence-corrected chi connectivity index (χ4v) is 5.07. The molecular weight excluding hydrogens is 505 g/mol. The van der Waals surface area contributed by atoms with Gasteiger partial charge in [0.15, 0.2) is 0 Å². The Morgan fingerprint density at radius 2 is 1.62 bits per heavy atom. The van der Waals surface area contributed by atoms with Gasteiger partial charge >= 0.3 is 0 Å². The first kappa shape index (κ1) is 21.6. The van der Waals surface area contributed by atoms with Gasteiger partial charge in [0.1, 0.15) is 6.54 Å². The monoisotopic (exact) mass is 527 g/mol. The summed E-state index contributed by atoms with van der Waals surface area (Å²) in [7, 11) is -3.92. The molecule has 0 bridgehead atoms. The van der Waals surface area contributed by atoms with E-state index in [4.69, 9.17) is 5.73 Å². The number of carbonyl (C=O) groups excluding carboxylic acids is 2. The number of anilines is 1. The minimum absolute atomic E-state index is 0.124. The van der Waals surface area contributed by atoms with E-state index in [0.29, 0.717) is 31.6 Å². The Kier molecular flexibility index (Phi) is 6.78. The Bertz CT molecular complexity index is 973. The minimum Gasteiger partial charge on any atom is -0.369 e. The van der Waals surface area contributed by atoms with Crippen molar-refractivity contribution in [3.63, 3.8) is 0 Å². The molecule has 1 heterocycles. The highest BCUT2D eigenvalue weighted by Gasteiger charge is 2.31. The topological polar surface area (TPSA) is 101 Å². The molecule has 0 aromatic heterocycles. The number of carbonyl (C=O) groups is 2. The highest BCUT2D eigenvalue weighted by Crippen LogP contribution is 2.25. The van der Waals surface area contributed by atoms with Crippen molar-refractivity contribution in [2.45, 2.75) is 17.7 Å². The first-order valence-electron chi connectivity index (χ1n) is 9.19. The highest BCUT2D eigenvalue weighted by atomic mass is 127. The molecule has 1 aliphatic heterocycles. The van der Waals surface area contributed by atoms with Crippen molar-refractivity contribution in [1.82, 2.24) is 4.90 Å². The molecule has 7 nitrogen and oxygen atoms in total. The summed E-state index contributed by atoms with van der Waals surface area (Å²) < 4.78 is 28.6. The van der Waals surface area contributed by atoms with Crippen molar-refractivity contribution in [2.24, 2.45) is 11.7 Å². The summed E-state index contributed by atoms with van der Waals surface area (Å²) in [6, 6.07) is 15.0. The molecule has 2 N–H and O–H groups in total. The number of benzene rings is 2. The van der Waals surface area contributed by atoms with Crippen LogP contribution in [0.3, 0.4) is 0 Å². The Morgan fingerprint density at radius 1 is 1.03 bits per heavy atom. The van der Waals surface area contributed by atoms with Crippen LogP contribution >= 0.6 is 22.6 Å². The normalized spacial score (nSPS) is 15.1. The SMILES string of the molecule is NC(=O)C1CCN(C(=O)CN(c2ccc(I)cc2)S(=O)(=O)c2ccccc2)CC1. The van der Waals surface area contributed by atoms with Crippen LogP contribution < -0.4 is 10.0 Å². The Labute approximate surface area is 184 Å². The zero-order valence-corrected chi connectivity index (χ0v) is 18.7. The van der Waals surface area contributed by atoms with Crippen molar-refractivity contribution in [2.75, 3.05) is 23.9 Å². The van der Waals surface area contributed by atoms with E-state index in [1.54, 1.807) is 47.4 Å². The third-order valence-electron chi connectivity index (χ3n) is 4.97. The molecule has 0 spiro atoms. The van der Waals surface area contributed by atoms with E-state index in [9.17, 15) is 18.0 Å². The number of likely N-dealkylation sites (tertiary alicyclic amines) is 1. The van der Waals surface area contributed by atoms with Crippen LogP contribution in [0.4, 0.5) is 5.69 Å². The van der Waals surface area contributed by atoms with Gasteiger partial charge < -0.3 is 10.6 Å². The van der Waals surface area contributed by atoms with Gasteiger partial charge in [0.25, 0.3) is 10.0 Å². The molecule has 1 fully saturated rings. The Morgan fingerprint density at radius 3 is 2.17 bits per heavy atom. The molecule has 2 aromatic rings. The van der Waals surface area contributed by atoms with Crippen LogP contribution in [0.5, 0.6) is 0 Å². The third kappa shape index (κ3) is 5.08. The van der Waals surface area contributed by atoms with Gasteiger partial charge in [-0.25, -0.2) is 8.42 Å². The lowest BCUT2D eigenvalue weighted by molar-refractivity contribution is -0.133. The molecule has 0 atom stereocenters. The summed E-state index contributed by atoms with van der Waals surface area (Å²) in [5.74, 6) is -0.894. The summed E-state index contributed by atoms with van der Waals surface area (Å²) in [6.45, 7) is 0.468. The predicted octanol–water partition coefficient (Wildman–Crippen LogP) is 2.21.